The monoisotopic (exact) mass is 264 g/mol. The van der Waals surface area contributed by atoms with Crippen LogP contribution in [0.1, 0.15) is 10.5 Å². The molecule has 1 rings (SSSR count). The quantitative estimate of drug-likeness (QED) is 0.557. The van der Waals surface area contributed by atoms with Crippen molar-refractivity contribution < 1.29 is 9.53 Å². The Hall–Kier alpha value is -0.720. The molecule has 58 valence electrons. The molecule has 0 unspecified atom stereocenters. The minimum absolute atomic E-state index is 0.230. The number of esters is 1. The van der Waals surface area contributed by atoms with Crippen molar-refractivity contribution in [1.82, 2.24) is 10.2 Å². The van der Waals surface area contributed by atoms with E-state index in [1.165, 1.54) is 7.11 Å². The predicted molar refractivity (Wildman–Crippen MR) is 46.1 cm³/mol. The number of carbonyl (C=O) groups is 1. The Labute approximate surface area is 77.1 Å². The van der Waals surface area contributed by atoms with Gasteiger partial charge in [-0.05, 0) is 34.7 Å². The van der Waals surface area contributed by atoms with Crippen LogP contribution in [0, 0.1) is 3.70 Å². The molecule has 0 saturated heterocycles. The van der Waals surface area contributed by atoms with Crippen LogP contribution in [0.3, 0.4) is 0 Å². The smallest absolute Gasteiger partial charge is 0.358 e. The second-order valence-corrected chi connectivity index (χ2v) is 2.84. The first-order valence-electron chi connectivity index (χ1n) is 2.81. The van der Waals surface area contributed by atoms with Gasteiger partial charge in [0.1, 0.15) is 3.70 Å². The molecule has 11 heavy (non-hydrogen) atoms. The summed E-state index contributed by atoms with van der Waals surface area (Å²) in [5, 5.41) is 7.30. The van der Waals surface area contributed by atoms with E-state index in [2.05, 4.69) is 14.9 Å². The summed E-state index contributed by atoms with van der Waals surface area (Å²) < 4.78 is 5.18. The third-order valence-corrected chi connectivity index (χ3v) is 1.60. The van der Waals surface area contributed by atoms with Gasteiger partial charge in [0.15, 0.2) is 5.69 Å². The van der Waals surface area contributed by atoms with E-state index >= 15 is 0 Å². The maximum Gasteiger partial charge on any atom is 0.358 e. The van der Waals surface area contributed by atoms with E-state index in [0.29, 0.717) is 0 Å². The van der Waals surface area contributed by atoms with Gasteiger partial charge in [-0.3, -0.25) is 0 Å². The average Bonchev–Trinajstić information content (AvgIpc) is 2.05. The van der Waals surface area contributed by atoms with Gasteiger partial charge in [-0.1, -0.05) is 0 Å². The number of carbonyl (C=O) groups excluding carboxylic acids is 1. The van der Waals surface area contributed by atoms with Crippen molar-refractivity contribution in [3.8, 4) is 0 Å². The number of ether oxygens (including phenoxy) is 1. The van der Waals surface area contributed by atoms with Crippen molar-refractivity contribution in [2.45, 2.75) is 0 Å². The molecular formula is C6H5IN2O2. The summed E-state index contributed by atoms with van der Waals surface area (Å²) in [6.07, 6.45) is 0. The molecule has 0 aliphatic heterocycles. The first kappa shape index (κ1) is 8.38. The number of hydrogen-bond donors (Lipinski definition) is 0. The van der Waals surface area contributed by atoms with Crippen LogP contribution < -0.4 is 0 Å². The maximum atomic E-state index is 10.8. The molecular weight excluding hydrogens is 259 g/mol. The molecule has 4 nitrogen and oxygen atoms in total. The lowest BCUT2D eigenvalue weighted by Gasteiger charge is -1.95. The van der Waals surface area contributed by atoms with Crippen LogP contribution in [0.2, 0.25) is 0 Å². The zero-order chi connectivity index (χ0) is 8.27. The van der Waals surface area contributed by atoms with Gasteiger partial charge in [-0.2, -0.15) is 0 Å². The van der Waals surface area contributed by atoms with E-state index in [4.69, 9.17) is 0 Å². The van der Waals surface area contributed by atoms with Crippen LogP contribution >= 0.6 is 22.6 Å². The van der Waals surface area contributed by atoms with E-state index in [0.717, 1.165) is 3.70 Å². The highest BCUT2D eigenvalue weighted by molar-refractivity contribution is 14.1. The molecule has 5 heteroatoms. The normalized spacial score (nSPS) is 9.27. The van der Waals surface area contributed by atoms with E-state index in [1.807, 2.05) is 22.6 Å². The molecule has 1 aromatic rings. The minimum Gasteiger partial charge on any atom is -0.464 e. The van der Waals surface area contributed by atoms with Gasteiger partial charge in [0.2, 0.25) is 0 Å². The minimum atomic E-state index is -0.464. The Morgan fingerprint density at radius 2 is 2.27 bits per heavy atom. The lowest BCUT2D eigenvalue weighted by molar-refractivity contribution is 0.0592. The summed E-state index contributed by atoms with van der Waals surface area (Å²) in [6, 6.07) is 3.26. The Morgan fingerprint density at radius 3 is 2.73 bits per heavy atom. The Kier molecular flexibility index (Phi) is 2.75. The van der Waals surface area contributed by atoms with Gasteiger partial charge in [0.05, 0.1) is 7.11 Å². The number of nitrogens with zero attached hydrogens (tertiary/aromatic N) is 2. The molecule has 1 aromatic heterocycles. The Balaban J connectivity index is 2.90. The second-order valence-electron chi connectivity index (χ2n) is 1.73. The number of aromatic nitrogens is 2. The topological polar surface area (TPSA) is 52.1 Å². The molecule has 0 saturated carbocycles. The largest absolute Gasteiger partial charge is 0.464 e. The summed E-state index contributed by atoms with van der Waals surface area (Å²) in [7, 11) is 1.31. The second kappa shape index (κ2) is 3.61. The van der Waals surface area contributed by atoms with Crippen LogP contribution in [0.25, 0.3) is 0 Å². The molecule has 0 radical (unpaired) electrons. The van der Waals surface area contributed by atoms with Gasteiger partial charge in [-0.25, -0.2) is 4.79 Å². The van der Waals surface area contributed by atoms with Gasteiger partial charge in [-0.15, -0.1) is 10.2 Å². The standard InChI is InChI=1S/C6H5IN2O2/c1-11-6(10)4-2-3-5(7)9-8-4/h2-3H,1H3. The highest BCUT2D eigenvalue weighted by atomic mass is 127. The van der Waals surface area contributed by atoms with Crippen LogP contribution in [0.5, 0.6) is 0 Å². The van der Waals surface area contributed by atoms with E-state index in [1.54, 1.807) is 12.1 Å². The van der Waals surface area contributed by atoms with E-state index in [9.17, 15) is 4.79 Å². The lowest BCUT2D eigenvalue weighted by atomic mass is 10.4. The zero-order valence-electron chi connectivity index (χ0n) is 5.74. The number of halogens is 1. The van der Waals surface area contributed by atoms with Crippen molar-refractivity contribution in [2.24, 2.45) is 0 Å². The molecule has 0 aliphatic rings. The molecule has 0 fully saturated rings. The zero-order valence-corrected chi connectivity index (χ0v) is 7.90. The molecule has 0 N–H and O–H groups in total. The van der Waals surface area contributed by atoms with Crippen molar-refractivity contribution in [3.05, 3.63) is 21.5 Å². The third-order valence-electron chi connectivity index (χ3n) is 1.03. The predicted octanol–water partition coefficient (Wildman–Crippen LogP) is 0.868. The highest BCUT2D eigenvalue weighted by Crippen LogP contribution is 1.99. The first-order valence-corrected chi connectivity index (χ1v) is 3.89. The SMILES string of the molecule is COC(=O)c1ccc(I)nn1. The summed E-state index contributed by atoms with van der Waals surface area (Å²) in [5.74, 6) is -0.464. The molecule has 0 bridgehead atoms. The van der Waals surface area contributed by atoms with Crippen LogP contribution in [0.4, 0.5) is 0 Å². The summed E-state index contributed by atoms with van der Waals surface area (Å²) >= 11 is 2.01. The lowest BCUT2D eigenvalue weighted by Crippen LogP contribution is -2.05. The summed E-state index contributed by atoms with van der Waals surface area (Å²) in [6.45, 7) is 0. The third kappa shape index (κ3) is 2.11. The van der Waals surface area contributed by atoms with E-state index in [-0.39, 0.29) is 5.69 Å². The molecule has 0 aromatic carbocycles. The Morgan fingerprint density at radius 1 is 1.55 bits per heavy atom. The first-order chi connectivity index (χ1) is 5.24. The molecule has 0 atom stereocenters. The van der Waals surface area contributed by atoms with Crippen molar-refractivity contribution in [1.29, 1.82) is 0 Å². The fourth-order valence-electron chi connectivity index (χ4n) is 0.529. The Bertz CT molecular complexity index is 260. The molecule has 0 spiro atoms. The number of rotatable bonds is 1. The van der Waals surface area contributed by atoms with Gasteiger partial charge < -0.3 is 4.74 Å². The average molecular weight is 264 g/mol. The van der Waals surface area contributed by atoms with Gasteiger partial charge in [0.25, 0.3) is 0 Å². The summed E-state index contributed by atoms with van der Waals surface area (Å²) in [5.41, 5.74) is 0.230. The van der Waals surface area contributed by atoms with Crippen molar-refractivity contribution in [3.63, 3.8) is 0 Å². The van der Waals surface area contributed by atoms with Gasteiger partial charge >= 0.3 is 5.97 Å². The van der Waals surface area contributed by atoms with E-state index < -0.39 is 5.97 Å². The highest BCUT2D eigenvalue weighted by Gasteiger charge is 2.05. The fourth-order valence-corrected chi connectivity index (χ4v) is 0.817. The molecule has 0 aliphatic carbocycles. The number of methoxy groups -OCH3 is 1. The van der Waals surface area contributed by atoms with Crippen LogP contribution in [0.15, 0.2) is 12.1 Å². The van der Waals surface area contributed by atoms with Crippen LogP contribution in [-0.2, 0) is 4.74 Å². The number of hydrogen-bond acceptors (Lipinski definition) is 4. The molecule has 0 amide bonds. The fraction of sp³-hybridized carbons (Fsp3) is 0.167. The maximum absolute atomic E-state index is 10.8. The van der Waals surface area contributed by atoms with Crippen molar-refractivity contribution >= 4 is 28.6 Å². The van der Waals surface area contributed by atoms with Gasteiger partial charge in [0, 0.05) is 0 Å². The van der Waals surface area contributed by atoms with Crippen molar-refractivity contribution in [2.75, 3.05) is 7.11 Å². The molecule has 1 heterocycles. The van der Waals surface area contributed by atoms with Crippen LogP contribution in [-0.4, -0.2) is 23.3 Å². The summed E-state index contributed by atoms with van der Waals surface area (Å²) in [4.78, 5) is 10.8.